The Morgan fingerprint density at radius 2 is 2.00 bits per heavy atom. The van der Waals surface area contributed by atoms with Gasteiger partial charge in [-0.05, 0) is 49.3 Å². The lowest BCUT2D eigenvalue weighted by molar-refractivity contribution is 0.396. The molecule has 0 amide bonds. The SMILES string of the molecule is NC1CCC(c2ccc3nc[nH]c3c2)CC1. The molecular weight excluding hydrogens is 198 g/mol. The molecule has 0 radical (unpaired) electrons. The fourth-order valence-corrected chi connectivity index (χ4v) is 2.66. The zero-order valence-corrected chi connectivity index (χ0v) is 9.32. The minimum Gasteiger partial charge on any atom is -0.345 e. The lowest BCUT2D eigenvalue weighted by atomic mass is 9.82. The fraction of sp³-hybridized carbons (Fsp3) is 0.462. The second-order valence-corrected chi connectivity index (χ2v) is 4.79. The first kappa shape index (κ1) is 9.85. The van der Waals surface area contributed by atoms with Gasteiger partial charge in [0.05, 0.1) is 17.4 Å². The summed E-state index contributed by atoms with van der Waals surface area (Å²) in [5, 5.41) is 0. The molecular formula is C13H17N3. The average Bonchev–Trinajstić information content (AvgIpc) is 2.77. The maximum absolute atomic E-state index is 5.93. The van der Waals surface area contributed by atoms with E-state index < -0.39 is 0 Å². The summed E-state index contributed by atoms with van der Waals surface area (Å²) < 4.78 is 0. The quantitative estimate of drug-likeness (QED) is 0.768. The van der Waals surface area contributed by atoms with E-state index in [2.05, 4.69) is 28.2 Å². The number of nitrogens with two attached hydrogens (primary N) is 1. The number of nitrogens with one attached hydrogen (secondary N) is 1. The van der Waals surface area contributed by atoms with Crippen molar-refractivity contribution >= 4 is 11.0 Å². The standard InChI is InChI=1S/C13H17N3/c14-11-4-1-9(2-5-11)10-3-6-12-13(7-10)16-8-15-12/h3,6-9,11H,1-2,4-5,14H2,(H,15,16). The van der Waals surface area contributed by atoms with E-state index in [4.69, 9.17) is 5.73 Å². The van der Waals surface area contributed by atoms with Crippen LogP contribution < -0.4 is 5.73 Å². The van der Waals surface area contributed by atoms with Crippen LogP contribution in [0.4, 0.5) is 0 Å². The second-order valence-electron chi connectivity index (χ2n) is 4.79. The van der Waals surface area contributed by atoms with Crippen molar-refractivity contribution in [1.82, 2.24) is 9.97 Å². The highest BCUT2D eigenvalue weighted by Crippen LogP contribution is 2.33. The largest absolute Gasteiger partial charge is 0.345 e. The molecule has 1 aromatic heterocycles. The van der Waals surface area contributed by atoms with Gasteiger partial charge >= 0.3 is 0 Å². The van der Waals surface area contributed by atoms with Crippen LogP contribution in [-0.4, -0.2) is 16.0 Å². The second kappa shape index (κ2) is 3.91. The van der Waals surface area contributed by atoms with Gasteiger partial charge in [0.2, 0.25) is 0 Å². The topological polar surface area (TPSA) is 54.7 Å². The molecule has 1 saturated carbocycles. The number of nitrogens with zero attached hydrogens (tertiary/aromatic N) is 1. The van der Waals surface area contributed by atoms with Crippen LogP contribution in [0.25, 0.3) is 11.0 Å². The molecule has 0 unspecified atom stereocenters. The van der Waals surface area contributed by atoms with E-state index in [1.165, 1.54) is 18.4 Å². The number of hydrogen-bond acceptors (Lipinski definition) is 2. The molecule has 1 aromatic carbocycles. The van der Waals surface area contributed by atoms with Gasteiger partial charge in [0.1, 0.15) is 0 Å². The molecule has 1 heterocycles. The zero-order valence-electron chi connectivity index (χ0n) is 9.32. The maximum Gasteiger partial charge on any atom is 0.0931 e. The van der Waals surface area contributed by atoms with Crippen molar-refractivity contribution < 1.29 is 0 Å². The van der Waals surface area contributed by atoms with E-state index in [9.17, 15) is 0 Å². The van der Waals surface area contributed by atoms with Crippen LogP contribution in [0.1, 0.15) is 37.2 Å². The summed E-state index contributed by atoms with van der Waals surface area (Å²) in [7, 11) is 0. The van der Waals surface area contributed by atoms with Crippen LogP contribution in [0.2, 0.25) is 0 Å². The summed E-state index contributed by atoms with van der Waals surface area (Å²) in [6.07, 6.45) is 6.52. The molecule has 1 aliphatic carbocycles. The molecule has 3 nitrogen and oxygen atoms in total. The number of fused-ring (bicyclic) bond motifs is 1. The molecule has 0 atom stereocenters. The van der Waals surface area contributed by atoms with E-state index >= 15 is 0 Å². The van der Waals surface area contributed by atoms with Crippen molar-refractivity contribution in [3.63, 3.8) is 0 Å². The summed E-state index contributed by atoms with van der Waals surface area (Å²) in [4.78, 5) is 7.41. The summed E-state index contributed by atoms with van der Waals surface area (Å²) in [5.74, 6) is 0.687. The number of imidazole rings is 1. The summed E-state index contributed by atoms with van der Waals surface area (Å²) in [6.45, 7) is 0. The molecule has 0 spiro atoms. The Balaban J connectivity index is 1.87. The molecule has 1 aliphatic rings. The van der Waals surface area contributed by atoms with Gasteiger partial charge < -0.3 is 10.7 Å². The number of benzene rings is 1. The predicted octanol–water partition coefficient (Wildman–Crippen LogP) is 2.55. The van der Waals surface area contributed by atoms with Crippen LogP contribution in [0.5, 0.6) is 0 Å². The van der Waals surface area contributed by atoms with Gasteiger partial charge in [-0.1, -0.05) is 6.07 Å². The van der Waals surface area contributed by atoms with E-state index in [-0.39, 0.29) is 0 Å². The Bertz CT molecular complexity index is 481. The number of rotatable bonds is 1. The lowest BCUT2D eigenvalue weighted by Gasteiger charge is -2.26. The normalized spacial score (nSPS) is 26.1. The summed E-state index contributed by atoms with van der Waals surface area (Å²) in [6, 6.07) is 6.98. The van der Waals surface area contributed by atoms with E-state index in [0.29, 0.717) is 12.0 Å². The highest BCUT2D eigenvalue weighted by Gasteiger charge is 2.20. The highest BCUT2D eigenvalue weighted by atomic mass is 14.9. The third kappa shape index (κ3) is 1.71. The molecule has 3 heteroatoms. The first-order valence-electron chi connectivity index (χ1n) is 6.01. The summed E-state index contributed by atoms with van der Waals surface area (Å²) >= 11 is 0. The van der Waals surface area contributed by atoms with E-state index in [1.807, 2.05) is 0 Å². The fourth-order valence-electron chi connectivity index (χ4n) is 2.66. The van der Waals surface area contributed by atoms with Gasteiger partial charge in [0.25, 0.3) is 0 Å². The molecule has 0 aliphatic heterocycles. The van der Waals surface area contributed by atoms with Crippen molar-refractivity contribution in [1.29, 1.82) is 0 Å². The van der Waals surface area contributed by atoms with E-state index in [1.54, 1.807) is 6.33 Å². The van der Waals surface area contributed by atoms with Gasteiger partial charge in [-0.3, -0.25) is 0 Å². The lowest BCUT2D eigenvalue weighted by Crippen LogP contribution is -2.25. The Kier molecular flexibility index (Phi) is 2.40. The van der Waals surface area contributed by atoms with Crippen molar-refractivity contribution in [2.45, 2.75) is 37.6 Å². The molecule has 3 N–H and O–H groups in total. The van der Waals surface area contributed by atoms with Gasteiger partial charge in [0.15, 0.2) is 0 Å². The first-order chi connectivity index (χ1) is 7.83. The minimum absolute atomic E-state index is 0.423. The smallest absolute Gasteiger partial charge is 0.0931 e. The van der Waals surface area contributed by atoms with Crippen LogP contribution in [0, 0.1) is 0 Å². The van der Waals surface area contributed by atoms with Gasteiger partial charge in [-0.25, -0.2) is 4.98 Å². The van der Waals surface area contributed by atoms with Gasteiger partial charge in [0, 0.05) is 6.04 Å². The Hall–Kier alpha value is -1.35. The molecule has 1 fully saturated rings. The minimum atomic E-state index is 0.423. The predicted molar refractivity (Wildman–Crippen MR) is 65.3 cm³/mol. The maximum atomic E-state index is 5.93. The summed E-state index contributed by atoms with van der Waals surface area (Å²) in [5.41, 5.74) is 9.56. The Morgan fingerprint density at radius 1 is 1.19 bits per heavy atom. The molecule has 3 rings (SSSR count). The molecule has 0 bridgehead atoms. The van der Waals surface area contributed by atoms with Crippen molar-refractivity contribution in [2.75, 3.05) is 0 Å². The Morgan fingerprint density at radius 3 is 2.81 bits per heavy atom. The average molecular weight is 215 g/mol. The third-order valence-corrected chi connectivity index (χ3v) is 3.69. The number of hydrogen-bond donors (Lipinski definition) is 2. The Labute approximate surface area is 95.1 Å². The third-order valence-electron chi connectivity index (χ3n) is 3.69. The number of H-pyrrole nitrogens is 1. The van der Waals surface area contributed by atoms with Crippen LogP contribution in [0.3, 0.4) is 0 Å². The zero-order chi connectivity index (χ0) is 11.0. The van der Waals surface area contributed by atoms with Gasteiger partial charge in [-0.15, -0.1) is 0 Å². The van der Waals surface area contributed by atoms with E-state index in [0.717, 1.165) is 23.9 Å². The van der Waals surface area contributed by atoms with Gasteiger partial charge in [-0.2, -0.15) is 0 Å². The highest BCUT2D eigenvalue weighted by molar-refractivity contribution is 5.75. The van der Waals surface area contributed by atoms with Crippen LogP contribution in [0.15, 0.2) is 24.5 Å². The van der Waals surface area contributed by atoms with Crippen molar-refractivity contribution in [3.8, 4) is 0 Å². The first-order valence-corrected chi connectivity index (χ1v) is 6.01. The van der Waals surface area contributed by atoms with Crippen molar-refractivity contribution in [2.24, 2.45) is 5.73 Å². The van der Waals surface area contributed by atoms with Crippen LogP contribution >= 0.6 is 0 Å². The number of aromatic amines is 1. The number of aromatic nitrogens is 2. The molecule has 2 aromatic rings. The molecule has 0 saturated heterocycles. The van der Waals surface area contributed by atoms with Crippen LogP contribution in [-0.2, 0) is 0 Å². The molecule has 16 heavy (non-hydrogen) atoms. The monoisotopic (exact) mass is 215 g/mol. The molecule has 84 valence electrons. The van der Waals surface area contributed by atoms with Crippen molar-refractivity contribution in [3.05, 3.63) is 30.1 Å².